The fraction of sp³-hybridized carbons (Fsp3) is 0.643. The number of hydrogen-bond acceptors (Lipinski definition) is 7. The largest absolute Gasteiger partial charge is 0.390 e. The predicted molar refractivity (Wildman–Crippen MR) is 94.4 cm³/mol. The summed E-state index contributed by atoms with van der Waals surface area (Å²) in [5.41, 5.74) is 0.532. The topological polar surface area (TPSA) is 113 Å². The van der Waals surface area contributed by atoms with Crippen molar-refractivity contribution >= 4 is 33.1 Å². The monoisotopic (exact) mass is 424 g/mol. The Morgan fingerprint density at radius 1 is 1.41 bits per heavy atom. The molecule has 3 rings (SSSR count). The number of anilines is 1. The predicted octanol–water partition coefficient (Wildman–Crippen LogP) is 1.30. The SMILES string of the molecule is CC(C)c1nc(Cl)c2cnc(NC3CCN(S(=O)(=O)C(F)F)CC3O)nn12. The third-order valence-electron chi connectivity index (χ3n) is 4.33. The lowest BCUT2D eigenvalue weighted by Gasteiger charge is -2.35. The second-order valence-electron chi connectivity index (χ2n) is 6.56. The molecule has 150 valence electrons. The summed E-state index contributed by atoms with van der Waals surface area (Å²) in [7, 11) is -4.72. The average Bonchev–Trinajstić information content (AvgIpc) is 2.93. The van der Waals surface area contributed by atoms with E-state index in [4.69, 9.17) is 11.6 Å². The van der Waals surface area contributed by atoms with E-state index in [9.17, 15) is 22.3 Å². The second-order valence-corrected chi connectivity index (χ2v) is 8.83. The lowest BCUT2D eigenvalue weighted by atomic mass is 10.0. The van der Waals surface area contributed by atoms with Gasteiger partial charge in [0.05, 0.1) is 18.3 Å². The highest BCUT2D eigenvalue weighted by atomic mass is 35.5. The van der Waals surface area contributed by atoms with Crippen LogP contribution in [0.3, 0.4) is 0 Å². The van der Waals surface area contributed by atoms with Gasteiger partial charge in [-0.15, -0.1) is 5.10 Å². The zero-order valence-corrected chi connectivity index (χ0v) is 16.1. The Balaban J connectivity index is 1.77. The quantitative estimate of drug-likeness (QED) is 0.743. The maximum Gasteiger partial charge on any atom is 0.350 e. The molecule has 2 N–H and O–H groups in total. The van der Waals surface area contributed by atoms with Crippen molar-refractivity contribution in [1.29, 1.82) is 0 Å². The molecule has 0 saturated carbocycles. The number of fused-ring (bicyclic) bond motifs is 1. The fourth-order valence-corrected chi connectivity index (χ4v) is 4.05. The molecule has 0 radical (unpaired) electrons. The minimum atomic E-state index is -4.72. The number of rotatable bonds is 5. The zero-order valence-electron chi connectivity index (χ0n) is 14.5. The molecule has 0 spiro atoms. The molecule has 0 aromatic carbocycles. The molecule has 2 aromatic rings. The fourth-order valence-electron chi connectivity index (χ4n) is 2.89. The number of aliphatic hydroxyl groups excluding tert-OH is 1. The summed E-state index contributed by atoms with van der Waals surface area (Å²) in [4.78, 5) is 8.38. The molecule has 0 bridgehead atoms. The standard InChI is InChI=1S/C14H19ClF2N6O3S/c1-7(2)12-20-11(15)9-5-18-14(21-23(9)12)19-8-3-4-22(6-10(8)24)27(25,26)13(16)17/h5,7-8,10,13,24H,3-4,6H2,1-2H3,(H,19,21). The molecule has 1 aliphatic rings. The van der Waals surface area contributed by atoms with Crippen molar-refractivity contribution in [3.05, 3.63) is 17.2 Å². The first-order chi connectivity index (χ1) is 12.6. The Labute approximate surface area is 159 Å². The summed E-state index contributed by atoms with van der Waals surface area (Å²) >= 11 is 6.08. The van der Waals surface area contributed by atoms with E-state index in [-0.39, 0.29) is 30.0 Å². The van der Waals surface area contributed by atoms with Crippen molar-refractivity contribution in [3.8, 4) is 0 Å². The summed E-state index contributed by atoms with van der Waals surface area (Å²) in [6, 6.07) is -0.590. The molecule has 0 aliphatic carbocycles. The van der Waals surface area contributed by atoms with Gasteiger partial charge in [0, 0.05) is 19.0 Å². The van der Waals surface area contributed by atoms with E-state index in [0.29, 0.717) is 15.6 Å². The molecule has 2 atom stereocenters. The first kappa shape index (κ1) is 20.1. The minimum Gasteiger partial charge on any atom is -0.390 e. The maximum absolute atomic E-state index is 12.7. The first-order valence-electron chi connectivity index (χ1n) is 8.24. The van der Waals surface area contributed by atoms with Gasteiger partial charge in [0.1, 0.15) is 11.3 Å². The first-order valence-corrected chi connectivity index (χ1v) is 10.1. The molecule has 27 heavy (non-hydrogen) atoms. The third kappa shape index (κ3) is 3.84. The van der Waals surface area contributed by atoms with E-state index in [1.54, 1.807) is 4.52 Å². The molecular weight excluding hydrogens is 406 g/mol. The molecule has 2 aromatic heterocycles. The summed E-state index contributed by atoms with van der Waals surface area (Å²) in [6.45, 7) is 3.30. The molecule has 3 heterocycles. The number of piperidine rings is 1. The normalized spacial score (nSPS) is 22.1. The molecule has 0 amide bonds. The van der Waals surface area contributed by atoms with E-state index >= 15 is 0 Å². The zero-order chi connectivity index (χ0) is 19.9. The van der Waals surface area contributed by atoms with Crippen molar-refractivity contribution in [2.45, 2.75) is 44.1 Å². The highest BCUT2D eigenvalue weighted by molar-refractivity contribution is 7.89. The van der Waals surface area contributed by atoms with Gasteiger partial charge >= 0.3 is 5.76 Å². The van der Waals surface area contributed by atoms with Gasteiger partial charge in [-0.2, -0.15) is 13.1 Å². The Hall–Kier alpha value is -1.63. The number of imidazole rings is 1. The number of alkyl halides is 2. The number of halogens is 3. The molecule has 1 fully saturated rings. The van der Waals surface area contributed by atoms with Gasteiger partial charge in [-0.05, 0) is 6.42 Å². The molecule has 1 saturated heterocycles. The van der Waals surface area contributed by atoms with Crippen LogP contribution in [0, 0.1) is 0 Å². The van der Waals surface area contributed by atoms with Crippen LogP contribution in [0.25, 0.3) is 5.52 Å². The Morgan fingerprint density at radius 3 is 2.70 bits per heavy atom. The highest BCUT2D eigenvalue weighted by Crippen LogP contribution is 2.24. The Bertz CT molecular complexity index is 938. The van der Waals surface area contributed by atoms with Crippen LogP contribution in [0.15, 0.2) is 6.20 Å². The Kier molecular flexibility index (Phi) is 5.52. The van der Waals surface area contributed by atoms with E-state index in [2.05, 4.69) is 20.4 Å². The maximum atomic E-state index is 12.7. The van der Waals surface area contributed by atoms with Crippen LogP contribution in [0.1, 0.15) is 32.0 Å². The molecule has 1 aliphatic heterocycles. The Morgan fingerprint density at radius 2 is 2.11 bits per heavy atom. The van der Waals surface area contributed by atoms with Crippen molar-refractivity contribution in [3.63, 3.8) is 0 Å². The molecule has 13 heteroatoms. The van der Waals surface area contributed by atoms with Gasteiger partial charge in [0.15, 0.2) is 5.15 Å². The lowest BCUT2D eigenvalue weighted by molar-refractivity contribution is 0.0904. The number of nitrogens with one attached hydrogen (secondary N) is 1. The third-order valence-corrected chi connectivity index (χ3v) is 6.11. The van der Waals surface area contributed by atoms with Crippen LogP contribution >= 0.6 is 11.6 Å². The van der Waals surface area contributed by atoms with Crippen LogP contribution in [0.2, 0.25) is 5.15 Å². The van der Waals surface area contributed by atoms with Gasteiger partial charge < -0.3 is 10.4 Å². The van der Waals surface area contributed by atoms with Crippen LogP contribution in [-0.2, 0) is 10.0 Å². The second kappa shape index (κ2) is 7.41. The van der Waals surface area contributed by atoms with Crippen LogP contribution in [-0.4, -0.2) is 68.4 Å². The molecular formula is C14H19ClF2N6O3S. The average molecular weight is 425 g/mol. The number of aromatic nitrogens is 4. The van der Waals surface area contributed by atoms with E-state index in [1.807, 2.05) is 13.8 Å². The molecule has 2 unspecified atom stereocenters. The van der Waals surface area contributed by atoms with E-state index < -0.39 is 34.5 Å². The minimum absolute atomic E-state index is 0.0566. The highest BCUT2D eigenvalue weighted by Gasteiger charge is 2.38. The van der Waals surface area contributed by atoms with Crippen molar-refractivity contribution < 1.29 is 22.3 Å². The van der Waals surface area contributed by atoms with Crippen molar-refractivity contribution in [1.82, 2.24) is 23.9 Å². The van der Waals surface area contributed by atoms with Crippen LogP contribution < -0.4 is 5.32 Å². The van der Waals surface area contributed by atoms with Gasteiger partial charge in [-0.3, -0.25) is 0 Å². The van der Waals surface area contributed by atoms with Crippen LogP contribution in [0.4, 0.5) is 14.7 Å². The van der Waals surface area contributed by atoms with Gasteiger partial charge in [-0.1, -0.05) is 25.4 Å². The van der Waals surface area contributed by atoms with E-state index in [1.165, 1.54) is 6.20 Å². The lowest BCUT2D eigenvalue weighted by Crippen LogP contribution is -2.52. The number of aliphatic hydroxyl groups is 1. The number of sulfonamides is 1. The molecule has 9 nitrogen and oxygen atoms in total. The number of β-amino-alcohol motifs (C(OH)–C–C–N with tert-alkyl or cyclic N) is 1. The van der Waals surface area contributed by atoms with Crippen molar-refractivity contribution in [2.24, 2.45) is 0 Å². The van der Waals surface area contributed by atoms with Gasteiger partial charge in [0.25, 0.3) is 10.0 Å². The summed E-state index contributed by atoms with van der Waals surface area (Å²) in [6.07, 6.45) is 0.415. The van der Waals surface area contributed by atoms with Crippen molar-refractivity contribution in [2.75, 3.05) is 18.4 Å². The van der Waals surface area contributed by atoms with Gasteiger partial charge in [-0.25, -0.2) is 22.9 Å². The van der Waals surface area contributed by atoms with Gasteiger partial charge in [0.2, 0.25) is 5.95 Å². The number of hydrogen-bond donors (Lipinski definition) is 2. The summed E-state index contributed by atoms with van der Waals surface area (Å²) in [5, 5.41) is 17.7. The summed E-state index contributed by atoms with van der Waals surface area (Å²) in [5.74, 6) is -2.63. The van der Waals surface area contributed by atoms with E-state index in [0.717, 1.165) is 0 Å². The summed E-state index contributed by atoms with van der Waals surface area (Å²) < 4.78 is 50.5. The van der Waals surface area contributed by atoms with Crippen LogP contribution in [0.5, 0.6) is 0 Å². The smallest absolute Gasteiger partial charge is 0.350 e. The number of nitrogens with zero attached hydrogens (tertiary/aromatic N) is 5.